The van der Waals surface area contributed by atoms with E-state index in [0.717, 1.165) is 35.2 Å². The van der Waals surface area contributed by atoms with Crippen LogP contribution in [-0.4, -0.2) is 34.0 Å². The number of benzene rings is 1. The SMILES string of the molecule is O=c1c(Cl)c(N2CCC(OCc3ccccc3)CC2)cnn1-c1ccc(C(F)(F)F)cn1. The second kappa shape index (κ2) is 9.30. The number of hydrogen-bond donors (Lipinski definition) is 0. The summed E-state index contributed by atoms with van der Waals surface area (Å²) >= 11 is 6.31. The zero-order valence-corrected chi connectivity index (χ0v) is 17.7. The number of halogens is 4. The van der Waals surface area contributed by atoms with E-state index in [4.69, 9.17) is 16.3 Å². The number of piperidine rings is 1. The van der Waals surface area contributed by atoms with Crippen molar-refractivity contribution in [2.24, 2.45) is 0 Å². The maximum Gasteiger partial charge on any atom is 0.417 e. The van der Waals surface area contributed by atoms with Crippen LogP contribution >= 0.6 is 11.6 Å². The van der Waals surface area contributed by atoms with Crippen molar-refractivity contribution in [1.82, 2.24) is 14.8 Å². The van der Waals surface area contributed by atoms with Crippen LogP contribution in [0.2, 0.25) is 5.02 Å². The van der Waals surface area contributed by atoms with E-state index in [0.29, 0.717) is 31.6 Å². The second-order valence-corrected chi connectivity index (χ2v) is 7.82. The van der Waals surface area contributed by atoms with Crippen LogP contribution in [0.15, 0.2) is 59.7 Å². The van der Waals surface area contributed by atoms with Crippen molar-refractivity contribution >= 4 is 17.3 Å². The fourth-order valence-corrected chi connectivity index (χ4v) is 3.79. The lowest BCUT2D eigenvalue weighted by atomic mass is 10.1. The van der Waals surface area contributed by atoms with Gasteiger partial charge in [0.1, 0.15) is 5.02 Å². The molecule has 1 saturated heterocycles. The lowest BCUT2D eigenvalue weighted by molar-refractivity contribution is -0.137. The van der Waals surface area contributed by atoms with Crippen LogP contribution in [-0.2, 0) is 17.5 Å². The standard InChI is InChI=1S/C22H20ClF3N4O2/c23-20-18(29-10-8-17(9-11-29)32-14-15-4-2-1-3-5-15)13-28-30(21(20)31)19-7-6-16(12-27-19)22(24,25)26/h1-7,12-13,17H,8-11,14H2. The number of aromatic nitrogens is 3. The number of alkyl halides is 3. The summed E-state index contributed by atoms with van der Waals surface area (Å²) in [6.45, 7) is 1.83. The molecule has 6 nitrogen and oxygen atoms in total. The molecule has 32 heavy (non-hydrogen) atoms. The number of hydrogen-bond acceptors (Lipinski definition) is 5. The molecule has 1 aliphatic rings. The van der Waals surface area contributed by atoms with Crippen molar-refractivity contribution in [3.63, 3.8) is 0 Å². The average molecular weight is 465 g/mol. The molecular formula is C22H20ClF3N4O2. The Hall–Kier alpha value is -2.91. The molecule has 0 N–H and O–H groups in total. The molecule has 0 bridgehead atoms. The first kappa shape index (κ1) is 22.3. The normalized spacial score (nSPS) is 15.2. The number of anilines is 1. The Morgan fingerprint density at radius 2 is 1.78 bits per heavy atom. The van der Waals surface area contributed by atoms with E-state index in [9.17, 15) is 18.0 Å². The van der Waals surface area contributed by atoms with Gasteiger partial charge in [-0.15, -0.1) is 0 Å². The van der Waals surface area contributed by atoms with Gasteiger partial charge in [-0.1, -0.05) is 41.9 Å². The summed E-state index contributed by atoms with van der Waals surface area (Å²) < 4.78 is 45.1. The van der Waals surface area contributed by atoms with Gasteiger partial charge >= 0.3 is 6.18 Å². The molecule has 2 aromatic heterocycles. The van der Waals surface area contributed by atoms with Gasteiger partial charge in [0.2, 0.25) is 0 Å². The Kier molecular flexibility index (Phi) is 6.48. The van der Waals surface area contributed by atoms with Crippen molar-refractivity contribution in [3.8, 4) is 5.82 Å². The summed E-state index contributed by atoms with van der Waals surface area (Å²) in [7, 11) is 0. The van der Waals surface area contributed by atoms with Gasteiger partial charge in [0.05, 0.1) is 30.2 Å². The third-order valence-corrected chi connectivity index (χ3v) is 5.66. The lowest BCUT2D eigenvalue weighted by Crippen LogP contribution is -2.38. The van der Waals surface area contributed by atoms with Crippen molar-refractivity contribution < 1.29 is 17.9 Å². The minimum absolute atomic E-state index is 0.0375. The van der Waals surface area contributed by atoms with Gasteiger partial charge in [-0.25, -0.2) is 4.98 Å². The van der Waals surface area contributed by atoms with Gasteiger partial charge in [0.15, 0.2) is 5.82 Å². The number of rotatable bonds is 5. The molecule has 0 amide bonds. The zero-order chi connectivity index (χ0) is 22.7. The van der Waals surface area contributed by atoms with Crippen molar-refractivity contribution in [2.45, 2.75) is 31.7 Å². The van der Waals surface area contributed by atoms with E-state index in [2.05, 4.69) is 10.1 Å². The molecule has 0 spiro atoms. The molecule has 0 atom stereocenters. The van der Waals surface area contributed by atoms with Gasteiger partial charge in [-0.3, -0.25) is 4.79 Å². The Bertz CT molecular complexity index is 1110. The molecule has 1 fully saturated rings. The van der Waals surface area contributed by atoms with Crippen LogP contribution in [0.1, 0.15) is 24.0 Å². The van der Waals surface area contributed by atoms with Crippen molar-refractivity contribution in [3.05, 3.63) is 81.4 Å². The molecule has 0 unspecified atom stereocenters. The van der Waals surface area contributed by atoms with E-state index in [1.54, 1.807) is 0 Å². The first-order valence-electron chi connectivity index (χ1n) is 10.0. The fraction of sp³-hybridized carbons (Fsp3) is 0.318. The van der Waals surface area contributed by atoms with Crippen LogP contribution < -0.4 is 10.5 Å². The molecular weight excluding hydrogens is 445 g/mol. The molecule has 3 heterocycles. The summed E-state index contributed by atoms with van der Waals surface area (Å²) in [5, 5.41) is 4.02. The van der Waals surface area contributed by atoms with Crippen LogP contribution in [0.5, 0.6) is 0 Å². The van der Waals surface area contributed by atoms with Crippen LogP contribution in [0.3, 0.4) is 0 Å². The molecule has 0 radical (unpaired) electrons. The van der Waals surface area contributed by atoms with Gasteiger partial charge in [0.25, 0.3) is 5.56 Å². The average Bonchev–Trinajstić information content (AvgIpc) is 2.80. The second-order valence-electron chi connectivity index (χ2n) is 7.45. The van der Waals surface area contributed by atoms with E-state index in [1.807, 2.05) is 35.2 Å². The van der Waals surface area contributed by atoms with E-state index in [-0.39, 0.29) is 16.9 Å². The van der Waals surface area contributed by atoms with E-state index < -0.39 is 17.3 Å². The quantitative estimate of drug-likeness (QED) is 0.557. The first-order valence-corrected chi connectivity index (χ1v) is 10.4. The molecule has 0 aliphatic carbocycles. The highest BCUT2D eigenvalue weighted by molar-refractivity contribution is 6.33. The number of ether oxygens (including phenoxy) is 1. The summed E-state index contributed by atoms with van der Waals surface area (Å²) in [6, 6.07) is 11.9. The zero-order valence-electron chi connectivity index (χ0n) is 16.9. The van der Waals surface area contributed by atoms with Gasteiger partial charge in [-0.2, -0.15) is 23.0 Å². The highest BCUT2D eigenvalue weighted by Crippen LogP contribution is 2.29. The van der Waals surface area contributed by atoms with Gasteiger partial charge in [-0.05, 0) is 30.5 Å². The predicted octanol–water partition coefficient (Wildman–Crippen LogP) is 4.49. The molecule has 1 aliphatic heterocycles. The predicted molar refractivity (Wildman–Crippen MR) is 114 cm³/mol. The number of pyridine rings is 1. The van der Waals surface area contributed by atoms with Crippen molar-refractivity contribution in [1.29, 1.82) is 0 Å². The van der Waals surface area contributed by atoms with Gasteiger partial charge < -0.3 is 9.64 Å². The summed E-state index contributed by atoms with van der Waals surface area (Å²) in [4.78, 5) is 18.4. The van der Waals surface area contributed by atoms with Crippen LogP contribution in [0, 0.1) is 0 Å². The Morgan fingerprint density at radius 1 is 1.06 bits per heavy atom. The maximum absolute atomic E-state index is 12.7. The minimum atomic E-state index is -4.51. The van der Waals surface area contributed by atoms with Crippen molar-refractivity contribution in [2.75, 3.05) is 18.0 Å². The lowest BCUT2D eigenvalue weighted by Gasteiger charge is -2.33. The first-order chi connectivity index (χ1) is 15.3. The molecule has 10 heteroatoms. The Morgan fingerprint density at radius 3 is 2.41 bits per heavy atom. The van der Waals surface area contributed by atoms with Crippen LogP contribution in [0.4, 0.5) is 18.9 Å². The maximum atomic E-state index is 12.7. The molecule has 0 saturated carbocycles. The number of nitrogens with zero attached hydrogens (tertiary/aromatic N) is 4. The largest absolute Gasteiger partial charge is 0.417 e. The molecule has 3 aromatic rings. The van der Waals surface area contributed by atoms with Gasteiger partial charge in [0, 0.05) is 19.3 Å². The minimum Gasteiger partial charge on any atom is -0.373 e. The van der Waals surface area contributed by atoms with E-state index in [1.165, 1.54) is 6.20 Å². The highest BCUT2D eigenvalue weighted by atomic mass is 35.5. The third-order valence-electron chi connectivity index (χ3n) is 5.30. The van der Waals surface area contributed by atoms with E-state index >= 15 is 0 Å². The summed E-state index contributed by atoms with van der Waals surface area (Å²) in [6.07, 6.45) is -0.767. The molecule has 1 aromatic carbocycles. The summed E-state index contributed by atoms with van der Waals surface area (Å²) in [5.74, 6) is -0.0375. The monoisotopic (exact) mass is 464 g/mol. The summed E-state index contributed by atoms with van der Waals surface area (Å²) in [5.41, 5.74) is 0.0530. The Balaban J connectivity index is 1.42. The Labute approximate surface area is 187 Å². The molecule has 168 valence electrons. The molecule has 4 rings (SSSR count). The fourth-order valence-electron chi connectivity index (χ4n) is 3.54. The third kappa shape index (κ3) is 4.94. The van der Waals surface area contributed by atoms with Crippen LogP contribution in [0.25, 0.3) is 5.82 Å². The highest BCUT2D eigenvalue weighted by Gasteiger charge is 2.31. The smallest absolute Gasteiger partial charge is 0.373 e. The topological polar surface area (TPSA) is 60.3 Å².